The molecule has 0 aliphatic rings. The third-order valence-corrected chi connectivity index (χ3v) is 6.47. The van der Waals surface area contributed by atoms with Gasteiger partial charge in [0, 0.05) is 4.47 Å². The van der Waals surface area contributed by atoms with Crippen molar-refractivity contribution in [1.82, 2.24) is 0 Å². The van der Waals surface area contributed by atoms with E-state index in [0.29, 0.717) is 22.3 Å². The molecule has 0 saturated carbocycles. The van der Waals surface area contributed by atoms with E-state index < -0.39 is 49.8 Å². The van der Waals surface area contributed by atoms with E-state index >= 15 is 0 Å². The van der Waals surface area contributed by atoms with Gasteiger partial charge in [-0.1, -0.05) is 28.1 Å². The highest BCUT2D eigenvalue weighted by Gasteiger charge is 2.31. The van der Waals surface area contributed by atoms with E-state index in [0.717, 1.165) is 17.0 Å². The van der Waals surface area contributed by atoms with Crippen LogP contribution in [0.5, 0.6) is 11.5 Å². The van der Waals surface area contributed by atoms with E-state index in [1.54, 1.807) is 25.1 Å². The molecule has 0 bridgehead atoms. The molecule has 36 heavy (non-hydrogen) atoms. The van der Waals surface area contributed by atoms with Gasteiger partial charge in [-0.3, -0.25) is 9.69 Å². The van der Waals surface area contributed by atoms with Crippen LogP contribution in [0.25, 0.3) is 6.08 Å². The Balaban J connectivity index is 2.12. The van der Waals surface area contributed by atoms with Gasteiger partial charge in [0.2, 0.25) is 41.2 Å². The Morgan fingerprint density at radius 1 is 0.889 bits per heavy atom. The van der Waals surface area contributed by atoms with E-state index in [-0.39, 0.29) is 11.3 Å². The summed E-state index contributed by atoms with van der Waals surface area (Å²) in [6.45, 7) is 1.60. The van der Waals surface area contributed by atoms with Gasteiger partial charge in [-0.15, -0.1) is 0 Å². The summed E-state index contributed by atoms with van der Waals surface area (Å²) in [7, 11) is -3.70. The molecule has 0 aliphatic heterocycles. The number of halogens is 6. The number of methoxy groups -OCH3 is 1. The first-order valence-electron chi connectivity index (χ1n) is 9.77. The highest BCUT2D eigenvalue weighted by Crippen LogP contribution is 2.38. The molecule has 3 aromatic carbocycles. The van der Waals surface area contributed by atoms with Crippen molar-refractivity contribution >= 4 is 49.9 Å². The van der Waals surface area contributed by atoms with Crippen molar-refractivity contribution in [3.63, 3.8) is 0 Å². The second-order valence-electron chi connectivity index (χ2n) is 6.95. The predicted molar refractivity (Wildman–Crippen MR) is 124 cm³/mol. The average Bonchev–Trinajstić information content (AvgIpc) is 2.86. The molecule has 3 rings (SSSR count). The molecule has 0 saturated heterocycles. The van der Waals surface area contributed by atoms with Gasteiger partial charge in [0.05, 0.1) is 18.5 Å². The van der Waals surface area contributed by atoms with Crippen LogP contribution in [0, 0.1) is 29.1 Å². The van der Waals surface area contributed by atoms with Crippen molar-refractivity contribution in [2.75, 3.05) is 12.0 Å². The molecule has 0 spiro atoms. The summed E-state index contributed by atoms with van der Waals surface area (Å²) >= 11 is 3.29. The first-order valence-corrected chi connectivity index (χ1v) is 12.0. The maximum absolute atomic E-state index is 14.0. The van der Waals surface area contributed by atoms with Crippen molar-refractivity contribution in [3.05, 3.63) is 81.6 Å². The lowest BCUT2D eigenvalue weighted by Gasteiger charge is -2.23. The van der Waals surface area contributed by atoms with Gasteiger partial charge in [-0.25, -0.2) is 13.2 Å². The van der Waals surface area contributed by atoms with Crippen LogP contribution in [-0.4, -0.2) is 21.9 Å². The summed E-state index contributed by atoms with van der Waals surface area (Å²) in [5.41, 5.74) is 0.616. The maximum Gasteiger partial charge on any atom is 0.339 e. The number of amides is 1. The number of anilines is 2. The van der Waals surface area contributed by atoms with Crippen LogP contribution in [0.2, 0.25) is 0 Å². The summed E-state index contributed by atoms with van der Waals surface area (Å²) in [5.74, 6) is -13.8. The molecule has 0 heterocycles. The monoisotopic (exact) mass is 591 g/mol. The van der Waals surface area contributed by atoms with E-state index in [4.69, 9.17) is 4.74 Å². The Kier molecular flexibility index (Phi) is 8.04. The fourth-order valence-corrected chi connectivity index (χ4v) is 4.44. The minimum Gasteiger partial charge on any atom is -0.495 e. The quantitative estimate of drug-likeness (QED) is 0.102. The maximum atomic E-state index is 14.0. The zero-order valence-electron chi connectivity index (χ0n) is 18.4. The molecule has 0 fully saturated rings. The molecular weight excluding hydrogens is 577 g/mol. The second-order valence-corrected chi connectivity index (χ2v) is 9.41. The molecule has 0 unspecified atom stereocenters. The Hall–Kier alpha value is -3.45. The summed E-state index contributed by atoms with van der Waals surface area (Å²) in [6, 6.07) is 7.93. The lowest BCUT2D eigenvalue weighted by atomic mass is 10.1. The Labute approximate surface area is 210 Å². The van der Waals surface area contributed by atoms with E-state index in [9.17, 15) is 35.2 Å². The van der Waals surface area contributed by atoms with E-state index in [1.807, 2.05) is 0 Å². The molecule has 0 N–H and O–H groups in total. The molecule has 0 aliphatic carbocycles. The summed E-state index contributed by atoms with van der Waals surface area (Å²) in [4.78, 5) is 12.5. The molecule has 3 aromatic rings. The number of benzene rings is 3. The van der Waals surface area contributed by atoms with Crippen LogP contribution >= 0.6 is 15.9 Å². The van der Waals surface area contributed by atoms with Crippen LogP contribution in [0.15, 0.2) is 51.8 Å². The predicted octanol–water partition coefficient (Wildman–Crippen LogP) is 6.25. The Bertz CT molecular complexity index is 1450. The van der Waals surface area contributed by atoms with Crippen LogP contribution in [-0.2, 0) is 14.9 Å². The second kappa shape index (κ2) is 10.7. The van der Waals surface area contributed by atoms with Gasteiger partial charge in [0.25, 0.3) is 0 Å². The Morgan fingerprint density at radius 3 is 2.03 bits per heavy atom. The number of nitrogens with zero attached hydrogens (tertiary/aromatic N) is 1. The molecule has 0 atom stereocenters. The first kappa shape index (κ1) is 27.1. The first-order chi connectivity index (χ1) is 17.0. The normalized spacial score (nSPS) is 11.6. The van der Waals surface area contributed by atoms with Crippen LogP contribution in [0.4, 0.5) is 33.3 Å². The highest BCUT2D eigenvalue weighted by atomic mass is 79.9. The van der Waals surface area contributed by atoms with Crippen molar-refractivity contribution in [2.24, 2.45) is 0 Å². The van der Waals surface area contributed by atoms with E-state index in [2.05, 4.69) is 20.1 Å². The molecule has 0 radical (unpaired) electrons. The van der Waals surface area contributed by atoms with Crippen LogP contribution in [0.3, 0.4) is 0 Å². The number of ether oxygens (including phenoxy) is 1. The Morgan fingerprint density at radius 2 is 1.47 bits per heavy atom. The van der Waals surface area contributed by atoms with Crippen molar-refractivity contribution in [1.29, 1.82) is 0 Å². The zero-order valence-corrected chi connectivity index (χ0v) is 20.8. The molecule has 0 aromatic heterocycles. The number of rotatable bonds is 8. The van der Waals surface area contributed by atoms with Crippen molar-refractivity contribution < 1.29 is 44.1 Å². The van der Waals surface area contributed by atoms with E-state index in [1.165, 1.54) is 25.3 Å². The highest BCUT2D eigenvalue weighted by molar-refractivity contribution is 9.10. The van der Waals surface area contributed by atoms with Gasteiger partial charge in [0.1, 0.15) is 10.6 Å². The topological polar surface area (TPSA) is 72.9 Å². The third-order valence-electron chi connectivity index (χ3n) is 4.76. The fraction of sp³-hybridized carbons (Fsp3) is 0.0870. The summed E-state index contributed by atoms with van der Waals surface area (Å²) < 4.78 is 104. The van der Waals surface area contributed by atoms with Gasteiger partial charge < -0.3 is 8.92 Å². The lowest BCUT2D eigenvalue weighted by Crippen LogP contribution is -2.18. The van der Waals surface area contributed by atoms with Gasteiger partial charge in [-0.05, 0) is 48.9 Å². The van der Waals surface area contributed by atoms with Gasteiger partial charge in [-0.2, -0.15) is 17.2 Å². The summed E-state index contributed by atoms with van der Waals surface area (Å²) in [5, 5.41) is 0. The largest absolute Gasteiger partial charge is 0.495 e. The summed E-state index contributed by atoms with van der Waals surface area (Å²) in [6.07, 6.45) is 3.39. The standard InChI is InChI=1S/C23H15BrF5NO5S/c1-3-4-12-9-14(36(32,33)35-23-21(28)19(26)18(25)20(27)22(23)29)6-8-15(12)30(11-31)16-7-5-13(24)10-17(16)34-2/h3-11H,1-2H3/b4-3-. The number of carbonyl (C=O) groups excluding carboxylic acids is 1. The molecule has 190 valence electrons. The third kappa shape index (κ3) is 5.07. The minimum atomic E-state index is -5.09. The average molecular weight is 592 g/mol. The molecule has 6 nitrogen and oxygen atoms in total. The lowest BCUT2D eigenvalue weighted by molar-refractivity contribution is -0.106. The number of allylic oxidation sites excluding steroid dienone is 1. The number of hydrogen-bond acceptors (Lipinski definition) is 5. The van der Waals surface area contributed by atoms with Gasteiger partial charge >= 0.3 is 10.1 Å². The molecule has 1 amide bonds. The SMILES string of the molecule is C/C=C\c1cc(S(=O)(=O)Oc2c(F)c(F)c(F)c(F)c2F)ccc1N(C=O)c1ccc(Br)cc1OC. The van der Waals surface area contributed by atoms with Gasteiger partial charge in [0.15, 0.2) is 0 Å². The van der Waals surface area contributed by atoms with Crippen molar-refractivity contribution in [3.8, 4) is 11.5 Å². The number of carbonyl (C=O) groups is 1. The molecule has 13 heteroatoms. The van der Waals surface area contributed by atoms with Crippen molar-refractivity contribution in [2.45, 2.75) is 11.8 Å². The minimum absolute atomic E-state index is 0.136. The smallest absolute Gasteiger partial charge is 0.339 e. The number of hydrogen-bond donors (Lipinski definition) is 0. The molecular formula is C23H15BrF5NO5S. The van der Waals surface area contributed by atoms with Crippen LogP contribution < -0.4 is 13.8 Å². The van der Waals surface area contributed by atoms with Crippen LogP contribution in [0.1, 0.15) is 12.5 Å². The zero-order chi connectivity index (χ0) is 26.8. The fourth-order valence-electron chi connectivity index (χ4n) is 3.13.